The van der Waals surface area contributed by atoms with Crippen molar-refractivity contribution in [1.29, 1.82) is 0 Å². The Labute approximate surface area is 157 Å². The lowest BCUT2D eigenvalue weighted by molar-refractivity contribution is -0.121. The zero-order valence-electron chi connectivity index (χ0n) is 15.2. The number of hydrogen-bond acceptors (Lipinski definition) is 4. The van der Waals surface area contributed by atoms with Crippen molar-refractivity contribution in [2.24, 2.45) is 0 Å². The molecule has 0 aliphatic rings. The van der Waals surface area contributed by atoms with E-state index < -0.39 is 6.10 Å². The third-order valence-electron chi connectivity index (χ3n) is 4.50. The minimum absolute atomic E-state index is 0.000978. The molecule has 2 aromatic carbocycles. The number of benzene rings is 2. The number of rotatable bonds is 7. The van der Waals surface area contributed by atoms with Crippen molar-refractivity contribution >= 4 is 16.9 Å². The molecule has 0 spiro atoms. The zero-order chi connectivity index (χ0) is 19.2. The van der Waals surface area contributed by atoms with Gasteiger partial charge in [-0.1, -0.05) is 42.5 Å². The Morgan fingerprint density at radius 1 is 1.15 bits per heavy atom. The van der Waals surface area contributed by atoms with Gasteiger partial charge in [0.15, 0.2) is 0 Å². The maximum Gasteiger partial charge on any atom is 0.269 e. The minimum Gasteiger partial charge on any atom is -0.393 e. The lowest BCUT2D eigenvalue weighted by Crippen LogP contribution is -2.35. The summed E-state index contributed by atoms with van der Waals surface area (Å²) in [5, 5.41) is 12.7. The summed E-state index contributed by atoms with van der Waals surface area (Å²) < 4.78 is 1.42. The first-order chi connectivity index (χ1) is 13.0. The number of hydrogen-bond donors (Lipinski definition) is 2. The summed E-state index contributed by atoms with van der Waals surface area (Å²) in [6.45, 7) is 2.06. The van der Waals surface area contributed by atoms with Gasteiger partial charge in [0.1, 0.15) is 6.54 Å². The van der Waals surface area contributed by atoms with Crippen LogP contribution < -0.4 is 10.9 Å². The number of nitrogens with one attached hydrogen (secondary N) is 1. The fraction of sp³-hybridized carbons (Fsp3) is 0.286. The van der Waals surface area contributed by atoms with Crippen molar-refractivity contribution in [2.75, 3.05) is 6.54 Å². The molecule has 2 atom stereocenters. The molecule has 3 rings (SSSR count). The summed E-state index contributed by atoms with van der Waals surface area (Å²) in [6, 6.07) is 17.0. The van der Waals surface area contributed by atoms with Crippen molar-refractivity contribution < 1.29 is 9.90 Å². The van der Waals surface area contributed by atoms with Gasteiger partial charge in [0.25, 0.3) is 5.56 Å². The highest BCUT2D eigenvalue weighted by Gasteiger charge is 2.16. The molecule has 1 amide bonds. The molecule has 140 valence electrons. The Balaban J connectivity index is 1.72. The third-order valence-corrected chi connectivity index (χ3v) is 4.50. The van der Waals surface area contributed by atoms with Gasteiger partial charge in [-0.25, -0.2) is 4.98 Å². The Hall–Kier alpha value is -2.99. The third kappa shape index (κ3) is 4.80. The summed E-state index contributed by atoms with van der Waals surface area (Å²) in [5.41, 5.74) is 2.04. The number of carbonyl (C=O) groups is 1. The number of amides is 1. The quantitative estimate of drug-likeness (QED) is 0.671. The van der Waals surface area contributed by atoms with Gasteiger partial charge in [0.05, 0.1) is 23.3 Å². The van der Waals surface area contributed by atoms with Crippen LogP contribution in [0.5, 0.6) is 0 Å². The van der Waals surface area contributed by atoms with Crippen molar-refractivity contribution in [3.05, 3.63) is 76.7 Å². The number of fused-ring (bicyclic) bond motifs is 1. The molecule has 3 aromatic rings. The van der Waals surface area contributed by atoms with E-state index in [0.717, 1.165) is 5.56 Å². The highest BCUT2D eigenvalue weighted by atomic mass is 16.3. The van der Waals surface area contributed by atoms with Crippen LogP contribution in [0.1, 0.15) is 24.8 Å². The molecule has 0 radical (unpaired) electrons. The highest BCUT2D eigenvalue weighted by molar-refractivity contribution is 5.79. The first-order valence-corrected chi connectivity index (χ1v) is 8.99. The van der Waals surface area contributed by atoms with Gasteiger partial charge in [-0.15, -0.1) is 0 Å². The summed E-state index contributed by atoms with van der Waals surface area (Å²) in [6.07, 6.45) is 1.30. The second kappa shape index (κ2) is 8.60. The molecule has 1 heterocycles. The lowest BCUT2D eigenvalue weighted by Gasteiger charge is -2.20. The molecule has 6 heteroatoms. The van der Waals surface area contributed by atoms with Crippen LogP contribution in [0.2, 0.25) is 0 Å². The number of aliphatic hydroxyl groups excluding tert-OH is 1. The minimum atomic E-state index is -0.473. The summed E-state index contributed by atoms with van der Waals surface area (Å²) in [7, 11) is 0. The zero-order valence-corrected chi connectivity index (χ0v) is 15.2. The van der Waals surface area contributed by atoms with E-state index in [-0.39, 0.29) is 23.9 Å². The van der Waals surface area contributed by atoms with Gasteiger partial charge >= 0.3 is 0 Å². The van der Waals surface area contributed by atoms with Crippen LogP contribution >= 0.6 is 0 Å². The van der Waals surface area contributed by atoms with Crippen LogP contribution in [-0.4, -0.2) is 33.2 Å². The van der Waals surface area contributed by atoms with E-state index in [1.807, 2.05) is 42.5 Å². The van der Waals surface area contributed by atoms with Crippen molar-refractivity contribution in [1.82, 2.24) is 14.9 Å². The van der Waals surface area contributed by atoms with Gasteiger partial charge in [-0.3, -0.25) is 14.2 Å². The van der Waals surface area contributed by atoms with Crippen LogP contribution in [0, 0.1) is 0 Å². The van der Waals surface area contributed by atoms with Crippen molar-refractivity contribution in [3.8, 4) is 0 Å². The van der Waals surface area contributed by atoms with E-state index in [1.54, 1.807) is 19.1 Å². The molecule has 0 saturated heterocycles. The topological polar surface area (TPSA) is 84.2 Å². The molecule has 27 heavy (non-hydrogen) atoms. The first kappa shape index (κ1) is 18.8. The molecule has 0 bridgehead atoms. The fourth-order valence-corrected chi connectivity index (χ4v) is 3.19. The van der Waals surface area contributed by atoms with E-state index in [9.17, 15) is 14.7 Å². The molecule has 0 saturated carbocycles. The fourth-order valence-electron chi connectivity index (χ4n) is 3.19. The first-order valence-electron chi connectivity index (χ1n) is 8.99. The van der Waals surface area contributed by atoms with Gasteiger partial charge in [0.2, 0.25) is 5.91 Å². The van der Waals surface area contributed by atoms with Crippen LogP contribution in [0.3, 0.4) is 0 Å². The second-order valence-electron chi connectivity index (χ2n) is 6.67. The number of aromatic nitrogens is 2. The van der Waals surface area contributed by atoms with Gasteiger partial charge in [-0.2, -0.15) is 0 Å². The van der Waals surface area contributed by atoms with Gasteiger partial charge < -0.3 is 10.4 Å². The number of nitrogens with zero attached hydrogens (tertiary/aromatic N) is 2. The molecular weight excluding hydrogens is 342 g/mol. The van der Waals surface area contributed by atoms with E-state index in [4.69, 9.17) is 0 Å². The van der Waals surface area contributed by atoms with E-state index in [1.165, 1.54) is 10.8 Å². The van der Waals surface area contributed by atoms with Crippen molar-refractivity contribution in [2.45, 2.75) is 31.9 Å². The molecule has 6 nitrogen and oxygen atoms in total. The largest absolute Gasteiger partial charge is 0.393 e. The Bertz CT molecular complexity index is 967. The van der Waals surface area contributed by atoms with Crippen LogP contribution in [0.15, 0.2) is 65.6 Å². The molecule has 2 N–H and O–H groups in total. The predicted molar refractivity (Wildman–Crippen MR) is 104 cm³/mol. The molecular formula is C21H23N3O3. The number of para-hydroxylation sites is 2. The average Bonchev–Trinajstić information content (AvgIpc) is 2.68. The number of aliphatic hydroxyl groups is 1. The van der Waals surface area contributed by atoms with Crippen molar-refractivity contribution in [3.63, 3.8) is 0 Å². The molecule has 0 aliphatic heterocycles. The predicted octanol–water partition coefficient (Wildman–Crippen LogP) is 2.07. The molecule has 0 aliphatic carbocycles. The van der Waals surface area contributed by atoms with E-state index in [0.29, 0.717) is 24.0 Å². The van der Waals surface area contributed by atoms with Gasteiger partial charge in [-0.05, 0) is 31.0 Å². The van der Waals surface area contributed by atoms with E-state index >= 15 is 0 Å². The Morgan fingerprint density at radius 2 is 1.85 bits per heavy atom. The SMILES string of the molecule is C[C@@H](O)C[C@@H](CNC(=O)Cn1c(=O)cnc2ccccc21)c1ccccc1. The average molecular weight is 365 g/mol. The maximum atomic E-state index is 12.5. The molecule has 1 aromatic heterocycles. The normalized spacial score (nSPS) is 13.3. The summed E-state index contributed by atoms with van der Waals surface area (Å²) in [4.78, 5) is 28.7. The maximum absolute atomic E-state index is 12.5. The summed E-state index contributed by atoms with van der Waals surface area (Å²) in [5.74, 6) is -0.249. The Kier molecular flexibility index (Phi) is 5.98. The smallest absolute Gasteiger partial charge is 0.269 e. The lowest BCUT2D eigenvalue weighted by atomic mass is 9.93. The summed E-state index contributed by atoms with van der Waals surface area (Å²) >= 11 is 0. The molecule has 0 unspecified atom stereocenters. The van der Waals surface area contributed by atoms with Crippen LogP contribution in [0.25, 0.3) is 11.0 Å². The molecule has 0 fully saturated rings. The van der Waals surface area contributed by atoms with Crippen LogP contribution in [0.4, 0.5) is 0 Å². The Morgan fingerprint density at radius 3 is 2.59 bits per heavy atom. The van der Waals surface area contributed by atoms with Crippen LogP contribution in [-0.2, 0) is 11.3 Å². The second-order valence-corrected chi connectivity index (χ2v) is 6.67. The standard InChI is InChI=1S/C21H23N3O3/c1-15(25)11-17(16-7-3-2-4-8-16)12-23-20(26)14-24-19-10-6-5-9-18(19)22-13-21(24)27/h2-10,13,15,17,25H,11-12,14H2,1H3,(H,23,26)/t15-,17+/m1/s1. The highest BCUT2D eigenvalue weighted by Crippen LogP contribution is 2.20. The van der Waals surface area contributed by atoms with Gasteiger partial charge in [0, 0.05) is 12.5 Å². The monoisotopic (exact) mass is 365 g/mol. The number of carbonyl (C=O) groups excluding carboxylic acids is 1. The van der Waals surface area contributed by atoms with E-state index in [2.05, 4.69) is 10.3 Å².